The third-order valence-corrected chi connectivity index (χ3v) is 8.02. The third kappa shape index (κ3) is 6.91. The van der Waals surface area contributed by atoms with Crippen molar-refractivity contribution in [1.29, 1.82) is 0 Å². The minimum absolute atomic E-state index is 0.0687. The standard InChI is InChI=1S/C24H42O18/c1-7-12(28)14(30)17(33)22(37-7)41-20-8(2-3-36-10(20)5-26)38-23-19(35)16(32)21(11(6-27)40-23)42-24-18(34)15(31)13(29)9(4-25)39-24/h7-35H,2-6H2,1H3/t7-,8+,9+,10+,11+,12+,13-,14+,15-,16+,17-,18+,19+,20-,21-,22-,23+,24+/m0/s1. The van der Waals surface area contributed by atoms with E-state index in [1.807, 2.05) is 0 Å². The van der Waals surface area contributed by atoms with Gasteiger partial charge in [0.1, 0.15) is 79.4 Å². The van der Waals surface area contributed by atoms with Gasteiger partial charge in [-0.3, -0.25) is 0 Å². The maximum absolute atomic E-state index is 10.9. The smallest absolute Gasteiger partial charge is 0.187 e. The second kappa shape index (κ2) is 14.6. The van der Waals surface area contributed by atoms with Crippen LogP contribution in [0.25, 0.3) is 0 Å². The Bertz CT molecular complexity index is 835. The summed E-state index contributed by atoms with van der Waals surface area (Å²) in [5, 5.41) is 112. The van der Waals surface area contributed by atoms with Crippen molar-refractivity contribution in [3.05, 3.63) is 0 Å². The molecule has 0 radical (unpaired) electrons. The topological polar surface area (TPSA) is 287 Å². The van der Waals surface area contributed by atoms with Crippen LogP contribution in [0.15, 0.2) is 0 Å². The second-order valence-corrected chi connectivity index (χ2v) is 10.8. The first kappa shape index (κ1) is 34.2. The Hall–Kier alpha value is -0.720. The van der Waals surface area contributed by atoms with Crippen molar-refractivity contribution >= 4 is 0 Å². The molecule has 0 aliphatic carbocycles. The molecule has 4 aliphatic rings. The molecule has 4 aliphatic heterocycles. The Labute approximate surface area is 240 Å². The van der Waals surface area contributed by atoms with Crippen molar-refractivity contribution in [3.8, 4) is 0 Å². The van der Waals surface area contributed by atoms with Crippen LogP contribution in [0, 0.1) is 0 Å². The number of hydrogen-bond donors (Lipinski definition) is 11. The molecule has 4 fully saturated rings. The summed E-state index contributed by atoms with van der Waals surface area (Å²) in [6, 6.07) is 0. The molecule has 42 heavy (non-hydrogen) atoms. The van der Waals surface area contributed by atoms with Crippen LogP contribution in [-0.4, -0.2) is 193 Å². The zero-order valence-electron chi connectivity index (χ0n) is 22.7. The minimum Gasteiger partial charge on any atom is -0.394 e. The normalized spacial score (nSPS) is 52.3. The van der Waals surface area contributed by atoms with Crippen LogP contribution < -0.4 is 0 Å². The van der Waals surface area contributed by atoms with Gasteiger partial charge in [0.05, 0.1) is 32.0 Å². The van der Waals surface area contributed by atoms with Crippen molar-refractivity contribution in [2.24, 2.45) is 0 Å². The average Bonchev–Trinajstić information content (AvgIpc) is 2.98. The Morgan fingerprint density at radius 2 is 1.02 bits per heavy atom. The van der Waals surface area contributed by atoms with Gasteiger partial charge in [0.15, 0.2) is 18.9 Å². The van der Waals surface area contributed by atoms with Gasteiger partial charge in [-0.15, -0.1) is 0 Å². The van der Waals surface area contributed by atoms with E-state index < -0.39 is 130 Å². The number of aliphatic hydroxyl groups is 11. The van der Waals surface area contributed by atoms with Gasteiger partial charge in [0.25, 0.3) is 0 Å². The number of hydrogen-bond acceptors (Lipinski definition) is 18. The molecule has 0 aromatic rings. The first-order valence-electron chi connectivity index (χ1n) is 13.7. The molecule has 18 atom stereocenters. The summed E-state index contributed by atoms with van der Waals surface area (Å²) in [6.45, 7) is -0.547. The Morgan fingerprint density at radius 1 is 0.524 bits per heavy atom. The highest BCUT2D eigenvalue weighted by molar-refractivity contribution is 4.96. The van der Waals surface area contributed by atoms with Crippen LogP contribution in [0.3, 0.4) is 0 Å². The van der Waals surface area contributed by atoms with Gasteiger partial charge in [-0.2, -0.15) is 0 Å². The van der Waals surface area contributed by atoms with Gasteiger partial charge >= 0.3 is 0 Å². The molecule has 0 spiro atoms. The number of ether oxygens (including phenoxy) is 7. The van der Waals surface area contributed by atoms with Gasteiger partial charge < -0.3 is 89.3 Å². The summed E-state index contributed by atoms with van der Waals surface area (Å²) < 4.78 is 39.3. The number of rotatable bonds is 9. The quantitative estimate of drug-likeness (QED) is 0.114. The fraction of sp³-hybridized carbons (Fsp3) is 1.00. The summed E-state index contributed by atoms with van der Waals surface area (Å²) in [6.07, 6.45) is -26.6. The lowest BCUT2D eigenvalue weighted by atomic mass is 9.96. The van der Waals surface area contributed by atoms with Crippen LogP contribution in [-0.2, 0) is 33.2 Å². The van der Waals surface area contributed by atoms with Gasteiger partial charge in [0, 0.05) is 6.61 Å². The van der Waals surface area contributed by atoms with E-state index in [1.54, 1.807) is 0 Å². The van der Waals surface area contributed by atoms with Crippen molar-refractivity contribution in [1.82, 2.24) is 0 Å². The SMILES string of the molecule is C[C@@H]1O[C@@H](O[C@@H]2[C@@H](CO)OCC[C@H]2O[C@@H]2O[C@H](CO)[C@H](O[C@H]3O[C@H](CO)[C@H](O)[C@H](O)[C@H]3O)[C@H](O)[C@H]2O)[C@@H](O)[C@H](O)[C@@H]1O. The highest BCUT2D eigenvalue weighted by Crippen LogP contribution is 2.33. The molecule has 18 heteroatoms. The summed E-state index contributed by atoms with van der Waals surface area (Å²) >= 11 is 0. The molecule has 4 heterocycles. The van der Waals surface area contributed by atoms with Crippen molar-refractivity contribution in [3.63, 3.8) is 0 Å². The highest BCUT2D eigenvalue weighted by Gasteiger charge is 2.52. The van der Waals surface area contributed by atoms with Crippen LogP contribution in [0.2, 0.25) is 0 Å². The Kier molecular flexibility index (Phi) is 11.9. The summed E-state index contributed by atoms with van der Waals surface area (Å²) in [5.74, 6) is 0. The molecule has 0 aromatic carbocycles. The lowest BCUT2D eigenvalue weighted by molar-refractivity contribution is -0.374. The predicted octanol–water partition coefficient (Wildman–Crippen LogP) is -7.01. The summed E-state index contributed by atoms with van der Waals surface area (Å²) in [7, 11) is 0. The van der Waals surface area contributed by atoms with E-state index in [0.717, 1.165) is 0 Å². The van der Waals surface area contributed by atoms with Crippen molar-refractivity contribution in [2.45, 2.75) is 124 Å². The molecule has 0 saturated carbocycles. The van der Waals surface area contributed by atoms with Gasteiger partial charge in [-0.05, 0) is 13.3 Å². The minimum atomic E-state index is -1.83. The van der Waals surface area contributed by atoms with Gasteiger partial charge in [-0.25, -0.2) is 0 Å². The Morgan fingerprint density at radius 3 is 1.64 bits per heavy atom. The fourth-order valence-corrected chi connectivity index (χ4v) is 5.43. The first-order chi connectivity index (χ1) is 19.9. The van der Waals surface area contributed by atoms with Crippen molar-refractivity contribution in [2.75, 3.05) is 26.4 Å². The van der Waals surface area contributed by atoms with Gasteiger partial charge in [0.2, 0.25) is 0 Å². The zero-order valence-corrected chi connectivity index (χ0v) is 22.7. The molecule has 0 bridgehead atoms. The molecule has 11 N–H and O–H groups in total. The summed E-state index contributed by atoms with van der Waals surface area (Å²) in [4.78, 5) is 0. The van der Waals surface area contributed by atoms with E-state index in [1.165, 1.54) is 6.92 Å². The highest BCUT2D eigenvalue weighted by atomic mass is 16.8. The maximum atomic E-state index is 10.9. The lowest BCUT2D eigenvalue weighted by Gasteiger charge is -2.48. The van der Waals surface area contributed by atoms with E-state index in [-0.39, 0.29) is 13.0 Å². The summed E-state index contributed by atoms with van der Waals surface area (Å²) in [5.41, 5.74) is 0. The largest absolute Gasteiger partial charge is 0.394 e. The third-order valence-electron chi connectivity index (χ3n) is 8.02. The molecular formula is C24H42O18. The second-order valence-electron chi connectivity index (χ2n) is 10.8. The molecule has 0 aromatic heterocycles. The van der Waals surface area contributed by atoms with E-state index >= 15 is 0 Å². The van der Waals surface area contributed by atoms with Gasteiger partial charge in [-0.1, -0.05) is 0 Å². The fourth-order valence-electron chi connectivity index (χ4n) is 5.43. The molecular weight excluding hydrogens is 576 g/mol. The van der Waals surface area contributed by atoms with E-state index in [9.17, 15) is 56.2 Å². The van der Waals surface area contributed by atoms with Crippen LogP contribution in [0.4, 0.5) is 0 Å². The Balaban J connectivity index is 1.45. The molecule has 0 amide bonds. The van der Waals surface area contributed by atoms with Crippen LogP contribution in [0.5, 0.6) is 0 Å². The zero-order chi connectivity index (χ0) is 30.9. The monoisotopic (exact) mass is 618 g/mol. The van der Waals surface area contributed by atoms with E-state index in [2.05, 4.69) is 0 Å². The molecule has 246 valence electrons. The maximum Gasteiger partial charge on any atom is 0.187 e. The van der Waals surface area contributed by atoms with Crippen molar-refractivity contribution < 1.29 is 89.3 Å². The first-order valence-corrected chi connectivity index (χ1v) is 13.7. The lowest BCUT2D eigenvalue weighted by Crippen LogP contribution is -2.65. The molecule has 4 rings (SSSR count). The van der Waals surface area contributed by atoms with Crippen LogP contribution in [0.1, 0.15) is 13.3 Å². The molecule has 18 nitrogen and oxygen atoms in total. The predicted molar refractivity (Wildman–Crippen MR) is 130 cm³/mol. The van der Waals surface area contributed by atoms with E-state index in [0.29, 0.717) is 0 Å². The average molecular weight is 619 g/mol. The van der Waals surface area contributed by atoms with Crippen LogP contribution >= 0.6 is 0 Å². The molecule has 4 saturated heterocycles. The number of aliphatic hydroxyl groups excluding tert-OH is 11. The van der Waals surface area contributed by atoms with E-state index in [4.69, 9.17) is 33.2 Å². The molecule has 0 unspecified atom stereocenters.